The molecule has 0 fully saturated rings. The zero-order valence-electron chi connectivity index (χ0n) is 9.47. The summed E-state index contributed by atoms with van der Waals surface area (Å²) in [5.74, 6) is 0. The van der Waals surface area contributed by atoms with E-state index in [1.807, 2.05) is 0 Å². The monoisotopic (exact) mass is 201 g/mol. The van der Waals surface area contributed by atoms with E-state index in [0.29, 0.717) is 6.61 Å². The molecule has 0 saturated carbocycles. The molecule has 0 atom stereocenters. The van der Waals surface area contributed by atoms with Crippen LogP contribution in [-0.4, -0.2) is 19.2 Å². The van der Waals surface area contributed by atoms with Crippen LogP contribution < -0.4 is 5.32 Å². The van der Waals surface area contributed by atoms with Crippen molar-refractivity contribution >= 4 is 6.09 Å². The third-order valence-corrected chi connectivity index (χ3v) is 2.03. The lowest BCUT2D eigenvalue weighted by Gasteiger charge is -2.05. The van der Waals surface area contributed by atoms with Crippen molar-refractivity contribution in [1.29, 1.82) is 0 Å². The van der Waals surface area contributed by atoms with E-state index in [9.17, 15) is 4.79 Å². The van der Waals surface area contributed by atoms with Crippen LogP contribution in [0.3, 0.4) is 0 Å². The second-order valence-corrected chi connectivity index (χ2v) is 3.48. The Balaban J connectivity index is 3.11. The van der Waals surface area contributed by atoms with Crippen LogP contribution in [0, 0.1) is 0 Å². The van der Waals surface area contributed by atoms with Gasteiger partial charge in [0, 0.05) is 6.54 Å². The van der Waals surface area contributed by atoms with Gasteiger partial charge in [0.05, 0.1) is 6.61 Å². The number of carbonyl (C=O) groups excluding carboxylic acids is 1. The molecular formula is C11H23NO2. The Bertz CT molecular complexity index is 123. The second kappa shape index (κ2) is 10.4. The quantitative estimate of drug-likeness (QED) is 0.613. The molecule has 0 saturated heterocycles. The maximum absolute atomic E-state index is 11.0. The van der Waals surface area contributed by atoms with Crippen molar-refractivity contribution in [1.82, 2.24) is 5.32 Å². The van der Waals surface area contributed by atoms with Crippen molar-refractivity contribution in [2.75, 3.05) is 13.2 Å². The van der Waals surface area contributed by atoms with Gasteiger partial charge in [0.2, 0.25) is 0 Å². The van der Waals surface area contributed by atoms with Gasteiger partial charge in [-0.05, 0) is 12.8 Å². The summed E-state index contributed by atoms with van der Waals surface area (Å²) >= 11 is 0. The number of hydrogen-bond acceptors (Lipinski definition) is 2. The molecule has 0 aliphatic rings. The van der Waals surface area contributed by atoms with E-state index in [4.69, 9.17) is 4.74 Å². The molecule has 0 heterocycles. The fraction of sp³-hybridized carbons (Fsp3) is 0.909. The molecule has 1 amide bonds. The van der Waals surface area contributed by atoms with Crippen molar-refractivity contribution < 1.29 is 9.53 Å². The fourth-order valence-electron chi connectivity index (χ4n) is 1.13. The number of unbranched alkanes of at least 4 members (excludes halogenated alkanes) is 4. The molecule has 3 heteroatoms. The number of alkyl carbamates (subject to hydrolysis) is 1. The predicted octanol–water partition coefficient (Wildman–Crippen LogP) is 3.09. The number of amides is 1. The lowest BCUT2D eigenvalue weighted by Crippen LogP contribution is -2.25. The average Bonchev–Trinajstić information content (AvgIpc) is 2.19. The summed E-state index contributed by atoms with van der Waals surface area (Å²) in [6.07, 6.45) is 6.37. The van der Waals surface area contributed by atoms with Crippen molar-refractivity contribution in [2.45, 2.75) is 52.4 Å². The van der Waals surface area contributed by atoms with Gasteiger partial charge in [0.25, 0.3) is 0 Å². The van der Waals surface area contributed by atoms with Gasteiger partial charge in [0.1, 0.15) is 0 Å². The zero-order valence-corrected chi connectivity index (χ0v) is 9.47. The topological polar surface area (TPSA) is 38.3 Å². The molecule has 0 aromatic heterocycles. The Morgan fingerprint density at radius 1 is 1.07 bits per heavy atom. The molecule has 14 heavy (non-hydrogen) atoms. The fourth-order valence-corrected chi connectivity index (χ4v) is 1.13. The van der Waals surface area contributed by atoms with E-state index in [-0.39, 0.29) is 6.09 Å². The highest BCUT2D eigenvalue weighted by atomic mass is 16.5. The number of rotatable bonds is 8. The SMILES string of the molecule is CCCCCNC(=O)OCCCCC. The van der Waals surface area contributed by atoms with E-state index in [1.165, 1.54) is 6.42 Å². The Hall–Kier alpha value is -0.730. The van der Waals surface area contributed by atoms with Crippen LogP contribution in [0.15, 0.2) is 0 Å². The van der Waals surface area contributed by atoms with Crippen molar-refractivity contribution in [3.63, 3.8) is 0 Å². The Kier molecular flexibility index (Phi) is 9.81. The van der Waals surface area contributed by atoms with Crippen LogP contribution in [-0.2, 0) is 4.74 Å². The normalized spacial score (nSPS) is 9.86. The van der Waals surface area contributed by atoms with Crippen LogP contribution in [0.25, 0.3) is 0 Å². The molecule has 1 N–H and O–H groups in total. The molecule has 0 rings (SSSR count). The van der Waals surface area contributed by atoms with E-state index >= 15 is 0 Å². The number of carbonyl (C=O) groups is 1. The van der Waals surface area contributed by atoms with Crippen LogP contribution in [0.1, 0.15) is 52.4 Å². The van der Waals surface area contributed by atoms with Gasteiger partial charge in [-0.1, -0.05) is 39.5 Å². The summed E-state index contributed by atoms with van der Waals surface area (Å²) in [4.78, 5) is 11.0. The van der Waals surface area contributed by atoms with Crippen molar-refractivity contribution in [3.8, 4) is 0 Å². The van der Waals surface area contributed by atoms with Crippen LogP contribution in [0.4, 0.5) is 4.79 Å². The van der Waals surface area contributed by atoms with Crippen molar-refractivity contribution in [2.24, 2.45) is 0 Å². The first-order valence-corrected chi connectivity index (χ1v) is 5.71. The summed E-state index contributed by atoms with van der Waals surface area (Å²) < 4.78 is 4.97. The summed E-state index contributed by atoms with van der Waals surface area (Å²) in [6, 6.07) is 0. The predicted molar refractivity (Wildman–Crippen MR) is 58.4 cm³/mol. The summed E-state index contributed by atoms with van der Waals surface area (Å²) in [6.45, 7) is 5.56. The van der Waals surface area contributed by atoms with Gasteiger partial charge in [-0.25, -0.2) is 4.79 Å². The van der Waals surface area contributed by atoms with Gasteiger partial charge in [-0.3, -0.25) is 0 Å². The first-order chi connectivity index (χ1) is 6.81. The minimum atomic E-state index is -0.266. The Morgan fingerprint density at radius 2 is 1.71 bits per heavy atom. The zero-order chi connectivity index (χ0) is 10.6. The molecule has 3 nitrogen and oxygen atoms in total. The highest BCUT2D eigenvalue weighted by Gasteiger charge is 1.99. The summed E-state index contributed by atoms with van der Waals surface area (Å²) in [5, 5.41) is 2.73. The molecule has 0 aromatic carbocycles. The second-order valence-electron chi connectivity index (χ2n) is 3.48. The Labute approximate surface area is 87.2 Å². The lowest BCUT2D eigenvalue weighted by molar-refractivity contribution is 0.144. The van der Waals surface area contributed by atoms with Crippen LogP contribution in [0.2, 0.25) is 0 Å². The van der Waals surface area contributed by atoms with Gasteiger partial charge in [0.15, 0.2) is 0 Å². The van der Waals surface area contributed by atoms with E-state index in [0.717, 1.165) is 38.6 Å². The van der Waals surface area contributed by atoms with Gasteiger partial charge in [-0.15, -0.1) is 0 Å². The largest absolute Gasteiger partial charge is 0.450 e. The standard InChI is InChI=1S/C11H23NO2/c1-3-5-7-9-12-11(13)14-10-8-6-4-2/h3-10H2,1-2H3,(H,12,13). The minimum absolute atomic E-state index is 0.266. The van der Waals surface area contributed by atoms with Crippen LogP contribution >= 0.6 is 0 Å². The molecule has 0 aliphatic carbocycles. The first kappa shape index (κ1) is 13.3. The molecule has 0 aromatic rings. The average molecular weight is 201 g/mol. The molecule has 84 valence electrons. The first-order valence-electron chi connectivity index (χ1n) is 5.71. The van der Waals surface area contributed by atoms with Crippen LogP contribution in [0.5, 0.6) is 0 Å². The molecule has 0 radical (unpaired) electrons. The number of ether oxygens (including phenoxy) is 1. The van der Waals surface area contributed by atoms with Gasteiger partial charge >= 0.3 is 6.09 Å². The summed E-state index contributed by atoms with van der Waals surface area (Å²) in [5.41, 5.74) is 0. The summed E-state index contributed by atoms with van der Waals surface area (Å²) in [7, 11) is 0. The van der Waals surface area contributed by atoms with Crippen molar-refractivity contribution in [3.05, 3.63) is 0 Å². The molecule has 0 unspecified atom stereocenters. The maximum Gasteiger partial charge on any atom is 0.407 e. The van der Waals surface area contributed by atoms with Gasteiger partial charge in [-0.2, -0.15) is 0 Å². The number of nitrogens with one attached hydrogen (secondary N) is 1. The maximum atomic E-state index is 11.0. The molecular weight excluding hydrogens is 178 g/mol. The molecule has 0 aliphatic heterocycles. The highest BCUT2D eigenvalue weighted by Crippen LogP contribution is 1.95. The lowest BCUT2D eigenvalue weighted by atomic mass is 10.2. The minimum Gasteiger partial charge on any atom is -0.450 e. The molecule has 0 bridgehead atoms. The molecule has 0 spiro atoms. The smallest absolute Gasteiger partial charge is 0.407 e. The van der Waals surface area contributed by atoms with E-state index < -0.39 is 0 Å². The van der Waals surface area contributed by atoms with E-state index in [1.54, 1.807) is 0 Å². The third-order valence-electron chi connectivity index (χ3n) is 2.03. The Morgan fingerprint density at radius 3 is 2.36 bits per heavy atom. The van der Waals surface area contributed by atoms with Gasteiger partial charge < -0.3 is 10.1 Å². The van der Waals surface area contributed by atoms with E-state index in [2.05, 4.69) is 19.2 Å². The number of hydrogen-bond donors (Lipinski definition) is 1. The highest BCUT2D eigenvalue weighted by molar-refractivity contribution is 5.66. The third kappa shape index (κ3) is 9.36.